The van der Waals surface area contributed by atoms with Crippen LogP contribution in [0.1, 0.15) is 25.8 Å². The summed E-state index contributed by atoms with van der Waals surface area (Å²) in [5, 5.41) is 2.98. The molecule has 0 aliphatic rings. The van der Waals surface area contributed by atoms with Crippen molar-refractivity contribution in [2.24, 2.45) is 11.1 Å². The van der Waals surface area contributed by atoms with E-state index in [1.54, 1.807) is 11.8 Å². The summed E-state index contributed by atoms with van der Waals surface area (Å²) in [5.41, 5.74) is 7.17. The SMILES string of the molecule is CSCC[C@H](N)C(=O)NCC(C)(C)Cc1ccccc1. The van der Waals surface area contributed by atoms with Gasteiger partial charge < -0.3 is 11.1 Å². The lowest BCUT2D eigenvalue weighted by molar-refractivity contribution is -0.122. The third-order valence-corrected chi connectivity index (χ3v) is 3.88. The van der Waals surface area contributed by atoms with Crippen LogP contribution in [0.5, 0.6) is 0 Å². The van der Waals surface area contributed by atoms with Gasteiger partial charge in [-0.1, -0.05) is 44.2 Å². The number of hydrogen-bond donors (Lipinski definition) is 2. The molecule has 1 aromatic rings. The van der Waals surface area contributed by atoms with Gasteiger partial charge in [0.25, 0.3) is 0 Å². The molecule has 0 bridgehead atoms. The average molecular weight is 294 g/mol. The van der Waals surface area contributed by atoms with E-state index in [0.717, 1.165) is 18.6 Å². The number of nitrogens with two attached hydrogens (primary N) is 1. The molecule has 0 saturated carbocycles. The number of rotatable bonds is 8. The summed E-state index contributed by atoms with van der Waals surface area (Å²) in [6, 6.07) is 9.95. The molecule has 0 fully saturated rings. The van der Waals surface area contributed by atoms with Crippen molar-refractivity contribution < 1.29 is 4.79 Å². The minimum atomic E-state index is -0.394. The number of carbonyl (C=O) groups excluding carboxylic acids is 1. The van der Waals surface area contributed by atoms with Crippen LogP contribution in [0.3, 0.4) is 0 Å². The first-order valence-electron chi connectivity index (χ1n) is 7.01. The minimum absolute atomic E-state index is 0.0240. The van der Waals surface area contributed by atoms with Crippen molar-refractivity contribution in [3.63, 3.8) is 0 Å². The standard InChI is InChI=1S/C16H26N2OS/c1-16(2,11-13-7-5-4-6-8-13)12-18-15(19)14(17)9-10-20-3/h4-8,14H,9-12,17H2,1-3H3,(H,18,19)/t14-/m0/s1. The van der Waals surface area contributed by atoms with Crippen molar-refractivity contribution >= 4 is 17.7 Å². The van der Waals surface area contributed by atoms with E-state index in [1.807, 2.05) is 24.5 Å². The fraction of sp³-hybridized carbons (Fsp3) is 0.562. The molecule has 20 heavy (non-hydrogen) atoms. The molecule has 0 heterocycles. The summed E-state index contributed by atoms with van der Waals surface area (Å²) in [4.78, 5) is 11.9. The Morgan fingerprint density at radius 3 is 2.60 bits per heavy atom. The monoisotopic (exact) mass is 294 g/mol. The predicted octanol–water partition coefficient (Wildman–Crippen LogP) is 2.45. The quantitative estimate of drug-likeness (QED) is 0.774. The molecule has 112 valence electrons. The molecule has 0 unspecified atom stereocenters. The molecular weight excluding hydrogens is 268 g/mol. The molecule has 1 amide bonds. The second kappa shape index (κ2) is 8.32. The maximum absolute atomic E-state index is 11.9. The molecule has 0 aliphatic heterocycles. The van der Waals surface area contributed by atoms with Gasteiger partial charge in [-0.15, -0.1) is 0 Å². The second-order valence-electron chi connectivity index (χ2n) is 5.93. The number of thioether (sulfide) groups is 1. The highest BCUT2D eigenvalue weighted by atomic mass is 32.2. The highest BCUT2D eigenvalue weighted by Gasteiger charge is 2.21. The Balaban J connectivity index is 2.41. The second-order valence-corrected chi connectivity index (χ2v) is 6.92. The number of nitrogens with one attached hydrogen (secondary N) is 1. The summed E-state index contributed by atoms with van der Waals surface area (Å²) in [6.07, 6.45) is 3.69. The Morgan fingerprint density at radius 1 is 1.35 bits per heavy atom. The first-order valence-corrected chi connectivity index (χ1v) is 8.40. The summed E-state index contributed by atoms with van der Waals surface area (Å²) in [7, 11) is 0. The summed E-state index contributed by atoms with van der Waals surface area (Å²) < 4.78 is 0. The third kappa shape index (κ3) is 6.44. The minimum Gasteiger partial charge on any atom is -0.354 e. The van der Waals surface area contributed by atoms with Crippen LogP contribution in [0.25, 0.3) is 0 Å². The number of carbonyl (C=O) groups is 1. The molecule has 0 radical (unpaired) electrons. The van der Waals surface area contributed by atoms with Gasteiger partial charge in [0.15, 0.2) is 0 Å². The largest absolute Gasteiger partial charge is 0.354 e. The van der Waals surface area contributed by atoms with E-state index in [0.29, 0.717) is 6.54 Å². The molecule has 0 saturated heterocycles. The van der Waals surface area contributed by atoms with Crippen molar-refractivity contribution in [1.82, 2.24) is 5.32 Å². The van der Waals surface area contributed by atoms with Crippen LogP contribution in [-0.2, 0) is 11.2 Å². The zero-order chi connectivity index (χ0) is 15.0. The molecule has 3 nitrogen and oxygen atoms in total. The van der Waals surface area contributed by atoms with Crippen molar-refractivity contribution in [1.29, 1.82) is 0 Å². The Morgan fingerprint density at radius 2 is 2.00 bits per heavy atom. The van der Waals surface area contributed by atoms with E-state index in [1.165, 1.54) is 5.56 Å². The molecule has 1 rings (SSSR count). The predicted molar refractivity (Wildman–Crippen MR) is 87.9 cm³/mol. The molecule has 1 aromatic carbocycles. The smallest absolute Gasteiger partial charge is 0.236 e. The van der Waals surface area contributed by atoms with Crippen molar-refractivity contribution in [2.75, 3.05) is 18.6 Å². The van der Waals surface area contributed by atoms with Gasteiger partial charge in [0.2, 0.25) is 5.91 Å². The average Bonchev–Trinajstić information content (AvgIpc) is 2.42. The Kier molecular flexibility index (Phi) is 7.10. The van der Waals surface area contributed by atoms with Crippen LogP contribution in [0.15, 0.2) is 30.3 Å². The molecule has 0 aliphatic carbocycles. The van der Waals surface area contributed by atoms with Crippen molar-refractivity contribution in [2.45, 2.75) is 32.7 Å². The fourth-order valence-corrected chi connectivity index (χ4v) is 2.53. The van der Waals surface area contributed by atoms with Crippen LogP contribution >= 0.6 is 11.8 Å². The Hall–Kier alpha value is -1.00. The zero-order valence-electron chi connectivity index (χ0n) is 12.7. The van der Waals surface area contributed by atoms with Gasteiger partial charge >= 0.3 is 0 Å². The lowest BCUT2D eigenvalue weighted by Crippen LogP contribution is -2.44. The topological polar surface area (TPSA) is 55.1 Å². The lowest BCUT2D eigenvalue weighted by atomic mass is 9.85. The number of benzene rings is 1. The van der Waals surface area contributed by atoms with Crippen LogP contribution in [0.4, 0.5) is 0 Å². The fourth-order valence-electron chi connectivity index (χ4n) is 2.04. The molecule has 4 heteroatoms. The van der Waals surface area contributed by atoms with Gasteiger partial charge in [0.05, 0.1) is 6.04 Å². The lowest BCUT2D eigenvalue weighted by Gasteiger charge is -2.26. The van der Waals surface area contributed by atoms with E-state index in [-0.39, 0.29) is 11.3 Å². The van der Waals surface area contributed by atoms with Gasteiger partial charge in [-0.05, 0) is 35.8 Å². The normalized spacial score (nSPS) is 13.0. The van der Waals surface area contributed by atoms with Crippen molar-refractivity contribution in [3.05, 3.63) is 35.9 Å². The first-order chi connectivity index (χ1) is 9.44. The molecule has 3 N–H and O–H groups in total. The summed E-state index contributed by atoms with van der Waals surface area (Å²) >= 11 is 1.71. The van der Waals surface area contributed by atoms with Crippen LogP contribution in [-0.4, -0.2) is 30.5 Å². The van der Waals surface area contributed by atoms with Gasteiger partial charge in [0.1, 0.15) is 0 Å². The molecular formula is C16H26N2OS. The van der Waals surface area contributed by atoms with Crippen LogP contribution in [0, 0.1) is 5.41 Å². The molecule has 1 atom stereocenters. The van der Waals surface area contributed by atoms with E-state index in [4.69, 9.17) is 5.73 Å². The van der Waals surface area contributed by atoms with Crippen LogP contribution < -0.4 is 11.1 Å². The molecule has 0 spiro atoms. The van der Waals surface area contributed by atoms with Gasteiger partial charge in [-0.2, -0.15) is 11.8 Å². The van der Waals surface area contributed by atoms with Gasteiger partial charge in [-0.25, -0.2) is 0 Å². The Bertz CT molecular complexity index is 406. The maximum Gasteiger partial charge on any atom is 0.236 e. The Labute approximate surface area is 126 Å². The number of amides is 1. The number of hydrogen-bond acceptors (Lipinski definition) is 3. The van der Waals surface area contributed by atoms with Gasteiger partial charge in [-0.3, -0.25) is 4.79 Å². The van der Waals surface area contributed by atoms with E-state index < -0.39 is 6.04 Å². The third-order valence-electron chi connectivity index (χ3n) is 3.24. The van der Waals surface area contributed by atoms with E-state index >= 15 is 0 Å². The van der Waals surface area contributed by atoms with E-state index in [9.17, 15) is 4.79 Å². The zero-order valence-corrected chi connectivity index (χ0v) is 13.5. The first kappa shape index (κ1) is 17.1. The van der Waals surface area contributed by atoms with E-state index in [2.05, 4.69) is 31.3 Å². The summed E-state index contributed by atoms with van der Waals surface area (Å²) in [6.45, 7) is 4.97. The highest BCUT2D eigenvalue weighted by Crippen LogP contribution is 2.20. The summed E-state index contributed by atoms with van der Waals surface area (Å²) in [5.74, 6) is 0.877. The van der Waals surface area contributed by atoms with Gasteiger partial charge in [0, 0.05) is 6.54 Å². The highest BCUT2D eigenvalue weighted by molar-refractivity contribution is 7.98. The molecule has 0 aromatic heterocycles. The maximum atomic E-state index is 11.9. The van der Waals surface area contributed by atoms with Crippen molar-refractivity contribution in [3.8, 4) is 0 Å². The van der Waals surface area contributed by atoms with Crippen LogP contribution in [0.2, 0.25) is 0 Å².